The van der Waals surface area contributed by atoms with Gasteiger partial charge in [-0.15, -0.1) is 11.8 Å². The Morgan fingerprint density at radius 3 is 2.32 bits per heavy atom. The van der Waals surface area contributed by atoms with Crippen molar-refractivity contribution in [2.75, 3.05) is 11.6 Å². The van der Waals surface area contributed by atoms with E-state index in [9.17, 15) is 0 Å². The summed E-state index contributed by atoms with van der Waals surface area (Å²) in [7, 11) is 0. The zero-order valence-corrected chi connectivity index (χ0v) is 13.4. The van der Waals surface area contributed by atoms with Gasteiger partial charge >= 0.3 is 0 Å². The molecule has 0 fully saturated rings. The predicted molar refractivity (Wildman–Crippen MR) is 93.7 cm³/mol. The molecule has 1 heterocycles. The van der Waals surface area contributed by atoms with Crippen molar-refractivity contribution < 1.29 is 0 Å². The number of benzene rings is 2. The fourth-order valence-corrected chi connectivity index (χ4v) is 2.52. The molecule has 0 aliphatic rings. The smallest absolute Gasteiger partial charge is 0.228 e. The van der Waals surface area contributed by atoms with Crippen molar-refractivity contribution in [2.45, 2.75) is 11.9 Å². The van der Waals surface area contributed by atoms with Crippen molar-refractivity contribution in [1.29, 1.82) is 0 Å². The highest BCUT2D eigenvalue weighted by molar-refractivity contribution is 7.98. The molecule has 0 saturated heterocycles. The van der Waals surface area contributed by atoms with Crippen LogP contribution in [0.5, 0.6) is 0 Å². The van der Waals surface area contributed by atoms with E-state index >= 15 is 0 Å². The van der Waals surface area contributed by atoms with E-state index in [1.54, 1.807) is 11.8 Å². The van der Waals surface area contributed by atoms with Gasteiger partial charge in [0.1, 0.15) is 5.03 Å². The van der Waals surface area contributed by atoms with Crippen LogP contribution >= 0.6 is 11.8 Å². The molecule has 4 heteroatoms. The number of anilines is 2. The topological polar surface area (TPSA) is 37.8 Å². The molecule has 110 valence electrons. The molecule has 1 N–H and O–H groups in total. The predicted octanol–water partition coefficient (Wildman–Crippen LogP) is 4.92. The number of hydrogen-bond donors (Lipinski definition) is 1. The van der Waals surface area contributed by atoms with Gasteiger partial charge in [0.25, 0.3) is 0 Å². The Bertz CT molecular complexity index is 755. The highest BCUT2D eigenvalue weighted by Crippen LogP contribution is 2.24. The summed E-state index contributed by atoms with van der Waals surface area (Å²) < 4.78 is 0. The Hall–Kier alpha value is -2.33. The maximum Gasteiger partial charge on any atom is 0.228 e. The summed E-state index contributed by atoms with van der Waals surface area (Å²) in [5, 5.41) is 4.21. The molecule has 0 aliphatic heterocycles. The fraction of sp³-hybridized carbons (Fsp3) is 0.111. The molecular weight excluding hydrogens is 290 g/mol. The highest BCUT2D eigenvalue weighted by Gasteiger charge is 2.06. The number of hydrogen-bond acceptors (Lipinski definition) is 4. The Kier molecular flexibility index (Phi) is 4.39. The van der Waals surface area contributed by atoms with Gasteiger partial charge in [0.15, 0.2) is 0 Å². The lowest BCUT2D eigenvalue weighted by Crippen LogP contribution is -1.99. The molecular formula is C18H17N3S. The molecule has 0 saturated carbocycles. The second-order valence-corrected chi connectivity index (χ2v) is 5.80. The summed E-state index contributed by atoms with van der Waals surface area (Å²) in [6.45, 7) is 2.08. The van der Waals surface area contributed by atoms with Gasteiger partial charge in [-0.05, 0) is 31.4 Å². The first-order valence-corrected chi connectivity index (χ1v) is 8.29. The molecule has 0 aliphatic carbocycles. The number of para-hydroxylation sites is 1. The summed E-state index contributed by atoms with van der Waals surface area (Å²) >= 11 is 1.61. The minimum Gasteiger partial charge on any atom is -0.324 e. The van der Waals surface area contributed by atoms with Crippen LogP contribution in [-0.4, -0.2) is 16.2 Å². The normalized spacial score (nSPS) is 10.5. The molecule has 1 aromatic heterocycles. The van der Waals surface area contributed by atoms with Crippen LogP contribution in [0, 0.1) is 6.92 Å². The Morgan fingerprint density at radius 1 is 0.909 bits per heavy atom. The first-order valence-electron chi connectivity index (χ1n) is 7.07. The van der Waals surface area contributed by atoms with Crippen molar-refractivity contribution in [2.24, 2.45) is 0 Å². The van der Waals surface area contributed by atoms with Crippen LogP contribution in [0.1, 0.15) is 5.56 Å². The molecule has 0 amide bonds. The number of aromatic nitrogens is 2. The lowest BCUT2D eigenvalue weighted by atomic mass is 10.1. The fourth-order valence-electron chi connectivity index (χ4n) is 2.11. The lowest BCUT2D eigenvalue weighted by Gasteiger charge is -2.09. The van der Waals surface area contributed by atoms with Crippen LogP contribution in [0.2, 0.25) is 0 Å². The summed E-state index contributed by atoms with van der Waals surface area (Å²) in [6, 6.07) is 20.4. The van der Waals surface area contributed by atoms with E-state index in [1.165, 1.54) is 5.56 Å². The first-order chi connectivity index (χ1) is 10.7. The van der Waals surface area contributed by atoms with Crippen LogP contribution in [0.3, 0.4) is 0 Å². The van der Waals surface area contributed by atoms with E-state index in [-0.39, 0.29) is 0 Å². The van der Waals surface area contributed by atoms with Gasteiger partial charge in [-0.1, -0.05) is 48.0 Å². The summed E-state index contributed by atoms with van der Waals surface area (Å²) in [4.78, 5) is 9.17. The Labute approximate surface area is 134 Å². The van der Waals surface area contributed by atoms with Crippen molar-refractivity contribution in [3.63, 3.8) is 0 Å². The third-order valence-electron chi connectivity index (χ3n) is 3.29. The van der Waals surface area contributed by atoms with Crippen LogP contribution < -0.4 is 5.32 Å². The minimum atomic E-state index is 0.619. The zero-order valence-electron chi connectivity index (χ0n) is 12.6. The summed E-state index contributed by atoms with van der Waals surface area (Å²) in [5.41, 5.74) is 4.25. The summed E-state index contributed by atoms with van der Waals surface area (Å²) in [6.07, 6.45) is 2.02. The molecule has 3 nitrogen and oxygen atoms in total. The van der Waals surface area contributed by atoms with Gasteiger partial charge in [-0.2, -0.15) is 0 Å². The van der Waals surface area contributed by atoms with Gasteiger partial charge < -0.3 is 5.32 Å². The quantitative estimate of drug-likeness (QED) is 0.548. The second kappa shape index (κ2) is 6.62. The molecule has 22 heavy (non-hydrogen) atoms. The van der Waals surface area contributed by atoms with Crippen LogP contribution in [0.25, 0.3) is 11.3 Å². The highest BCUT2D eigenvalue weighted by atomic mass is 32.2. The van der Waals surface area contributed by atoms with E-state index in [2.05, 4.69) is 46.5 Å². The first kappa shape index (κ1) is 14.6. The maximum absolute atomic E-state index is 4.64. The standard InChI is InChI=1S/C18H17N3S/c1-13-8-10-14(11-9-13)16-12-17(22-2)21-18(20-16)19-15-6-4-3-5-7-15/h3-12H,1-2H3,(H,19,20,21). The molecule has 0 atom stereocenters. The Balaban J connectivity index is 1.97. The third kappa shape index (κ3) is 3.46. The molecule has 0 radical (unpaired) electrons. The van der Waals surface area contributed by atoms with E-state index in [1.807, 2.05) is 42.7 Å². The van der Waals surface area contributed by atoms with Gasteiger partial charge in [0, 0.05) is 11.3 Å². The van der Waals surface area contributed by atoms with Crippen molar-refractivity contribution >= 4 is 23.4 Å². The van der Waals surface area contributed by atoms with Crippen LogP contribution in [0.15, 0.2) is 65.7 Å². The van der Waals surface area contributed by atoms with E-state index < -0.39 is 0 Å². The lowest BCUT2D eigenvalue weighted by molar-refractivity contribution is 1.06. The van der Waals surface area contributed by atoms with Gasteiger partial charge in [-0.3, -0.25) is 0 Å². The zero-order chi connectivity index (χ0) is 15.4. The second-order valence-electron chi connectivity index (χ2n) is 4.98. The molecule has 0 bridgehead atoms. The van der Waals surface area contributed by atoms with Gasteiger partial charge in [0.2, 0.25) is 5.95 Å². The third-order valence-corrected chi connectivity index (χ3v) is 3.92. The van der Waals surface area contributed by atoms with Crippen LogP contribution in [0.4, 0.5) is 11.6 Å². The van der Waals surface area contributed by atoms with Crippen molar-refractivity contribution in [3.8, 4) is 11.3 Å². The summed E-state index contributed by atoms with van der Waals surface area (Å²) in [5.74, 6) is 0.619. The monoisotopic (exact) mass is 307 g/mol. The maximum atomic E-state index is 4.64. The number of thioether (sulfide) groups is 1. The number of rotatable bonds is 4. The van der Waals surface area contributed by atoms with Crippen LogP contribution in [-0.2, 0) is 0 Å². The van der Waals surface area contributed by atoms with Gasteiger partial charge in [-0.25, -0.2) is 9.97 Å². The number of nitrogens with one attached hydrogen (secondary N) is 1. The minimum absolute atomic E-state index is 0.619. The molecule has 3 aromatic rings. The Morgan fingerprint density at radius 2 is 1.64 bits per heavy atom. The molecule has 0 spiro atoms. The molecule has 3 rings (SSSR count). The van der Waals surface area contributed by atoms with Gasteiger partial charge in [0.05, 0.1) is 5.69 Å². The largest absolute Gasteiger partial charge is 0.324 e. The SMILES string of the molecule is CSc1cc(-c2ccc(C)cc2)nc(Nc2ccccc2)n1. The van der Waals surface area contributed by atoms with Crippen molar-refractivity contribution in [3.05, 3.63) is 66.2 Å². The average Bonchev–Trinajstić information content (AvgIpc) is 2.56. The van der Waals surface area contributed by atoms with E-state index in [0.717, 1.165) is 22.0 Å². The average molecular weight is 307 g/mol. The van der Waals surface area contributed by atoms with E-state index in [4.69, 9.17) is 0 Å². The van der Waals surface area contributed by atoms with Crippen molar-refractivity contribution in [1.82, 2.24) is 9.97 Å². The van der Waals surface area contributed by atoms with E-state index in [0.29, 0.717) is 5.95 Å². The molecule has 2 aromatic carbocycles. The number of aryl methyl sites for hydroxylation is 1. The molecule has 0 unspecified atom stereocenters. The number of nitrogens with zero attached hydrogens (tertiary/aromatic N) is 2.